The molecule has 0 aliphatic rings. The van der Waals surface area contributed by atoms with Crippen LogP contribution in [0.3, 0.4) is 0 Å². The van der Waals surface area contributed by atoms with Crippen molar-refractivity contribution in [3.05, 3.63) is 65.7 Å². The normalized spacial score (nSPS) is 9.95. The minimum Gasteiger partial charge on any atom is -0.496 e. The zero-order chi connectivity index (χ0) is 13.5. The Kier molecular flexibility index (Phi) is 4.56. The zero-order valence-corrected chi connectivity index (χ0v) is 10.8. The van der Waals surface area contributed by atoms with Crippen LogP contribution in [0.15, 0.2) is 54.6 Å². The van der Waals surface area contributed by atoms with Gasteiger partial charge in [-0.25, -0.2) is 4.79 Å². The summed E-state index contributed by atoms with van der Waals surface area (Å²) in [5.74, 6) is 0.522. The van der Waals surface area contributed by atoms with Gasteiger partial charge in [0.05, 0.1) is 19.3 Å². The molecule has 0 aliphatic carbocycles. The van der Waals surface area contributed by atoms with Gasteiger partial charge in [-0.1, -0.05) is 36.4 Å². The van der Waals surface area contributed by atoms with E-state index in [4.69, 9.17) is 9.47 Å². The highest BCUT2D eigenvalue weighted by Gasteiger charge is 2.07. The molecule has 0 atom stereocenters. The van der Waals surface area contributed by atoms with Gasteiger partial charge >= 0.3 is 5.97 Å². The van der Waals surface area contributed by atoms with Crippen molar-refractivity contribution in [2.24, 2.45) is 0 Å². The summed E-state index contributed by atoms with van der Waals surface area (Å²) in [6.07, 6.45) is 0.641. The minimum absolute atomic E-state index is 0.296. The Morgan fingerprint density at radius 3 is 2.42 bits per heavy atom. The summed E-state index contributed by atoms with van der Waals surface area (Å²) in [7, 11) is 1.63. The molecular weight excluding hydrogens is 240 g/mol. The van der Waals surface area contributed by atoms with Crippen molar-refractivity contribution < 1.29 is 14.3 Å². The van der Waals surface area contributed by atoms with Crippen LogP contribution in [0.5, 0.6) is 5.75 Å². The Labute approximate surface area is 112 Å². The highest BCUT2D eigenvalue weighted by molar-refractivity contribution is 5.89. The summed E-state index contributed by atoms with van der Waals surface area (Å²) in [6.45, 7) is 0.341. The molecule has 0 aromatic heterocycles. The lowest BCUT2D eigenvalue weighted by molar-refractivity contribution is 0.0508. The maximum Gasteiger partial charge on any atom is 0.338 e. The molecule has 0 fully saturated rings. The van der Waals surface area contributed by atoms with Gasteiger partial charge in [-0.2, -0.15) is 0 Å². The number of para-hydroxylation sites is 1. The van der Waals surface area contributed by atoms with E-state index in [1.807, 2.05) is 42.5 Å². The van der Waals surface area contributed by atoms with Crippen molar-refractivity contribution in [1.29, 1.82) is 0 Å². The molecule has 0 radical (unpaired) electrons. The van der Waals surface area contributed by atoms with E-state index in [0.717, 1.165) is 11.3 Å². The predicted octanol–water partition coefficient (Wildman–Crippen LogP) is 3.09. The second-order valence-electron chi connectivity index (χ2n) is 4.06. The molecule has 0 saturated carbocycles. The van der Waals surface area contributed by atoms with E-state index >= 15 is 0 Å². The van der Waals surface area contributed by atoms with Crippen LogP contribution in [0, 0.1) is 0 Å². The fraction of sp³-hybridized carbons (Fsp3) is 0.188. The van der Waals surface area contributed by atoms with Crippen molar-refractivity contribution >= 4 is 5.97 Å². The molecule has 0 amide bonds. The summed E-state index contributed by atoms with van der Waals surface area (Å²) >= 11 is 0. The van der Waals surface area contributed by atoms with Crippen molar-refractivity contribution in [3.8, 4) is 5.75 Å². The fourth-order valence-corrected chi connectivity index (χ4v) is 1.82. The van der Waals surface area contributed by atoms with Gasteiger partial charge in [0.25, 0.3) is 0 Å². The Morgan fingerprint density at radius 2 is 1.68 bits per heavy atom. The molecule has 0 N–H and O–H groups in total. The number of hydrogen-bond donors (Lipinski definition) is 0. The lowest BCUT2D eigenvalue weighted by Gasteiger charge is -2.08. The Bertz CT molecular complexity index is 535. The van der Waals surface area contributed by atoms with Crippen LogP contribution in [0.2, 0.25) is 0 Å². The molecular formula is C16H16O3. The smallest absolute Gasteiger partial charge is 0.338 e. The quantitative estimate of drug-likeness (QED) is 0.771. The fourth-order valence-electron chi connectivity index (χ4n) is 1.82. The molecule has 0 bridgehead atoms. The highest BCUT2D eigenvalue weighted by atomic mass is 16.5. The number of methoxy groups -OCH3 is 1. The van der Waals surface area contributed by atoms with E-state index in [-0.39, 0.29) is 5.97 Å². The number of carbonyl (C=O) groups is 1. The maximum atomic E-state index is 11.7. The molecule has 2 aromatic carbocycles. The van der Waals surface area contributed by atoms with Gasteiger partial charge < -0.3 is 9.47 Å². The molecule has 0 spiro atoms. The van der Waals surface area contributed by atoms with E-state index in [0.29, 0.717) is 18.6 Å². The van der Waals surface area contributed by atoms with Gasteiger partial charge in [-0.05, 0) is 23.8 Å². The Morgan fingerprint density at radius 1 is 1.00 bits per heavy atom. The first-order valence-electron chi connectivity index (χ1n) is 6.15. The molecule has 0 saturated heterocycles. The Hall–Kier alpha value is -2.29. The minimum atomic E-state index is -0.296. The van der Waals surface area contributed by atoms with Crippen molar-refractivity contribution in [2.75, 3.05) is 13.7 Å². The van der Waals surface area contributed by atoms with Crippen molar-refractivity contribution in [2.45, 2.75) is 6.42 Å². The lowest BCUT2D eigenvalue weighted by Crippen LogP contribution is -2.08. The number of carbonyl (C=O) groups excluding carboxylic acids is 1. The number of rotatable bonds is 5. The predicted molar refractivity (Wildman–Crippen MR) is 73.4 cm³/mol. The first-order valence-corrected chi connectivity index (χ1v) is 6.15. The standard InChI is InChI=1S/C16H16O3/c1-18-15-10-6-5-7-13(15)11-12-19-16(17)14-8-3-2-4-9-14/h2-10H,11-12H2,1H3. The van der Waals surface area contributed by atoms with Crippen LogP contribution in [0.4, 0.5) is 0 Å². The van der Waals surface area contributed by atoms with E-state index in [1.54, 1.807) is 19.2 Å². The second-order valence-corrected chi connectivity index (χ2v) is 4.06. The van der Waals surface area contributed by atoms with Crippen LogP contribution in [0.25, 0.3) is 0 Å². The summed E-state index contributed by atoms with van der Waals surface area (Å²) in [4.78, 5) is 11.7. The van der Waals surface area contributed by atoms with E-state index in [1.165, 1.54) is 0 Å². The molecule has 3 heteroatoms. The third-order valence-electron chi connectivity index (χ3n) is 2.81. The van der Waals surface area contributed by atoms with E-state index < -0.39 is 0 Å². The zero-order valence-electron chi connectivity index (χ0n) is 10.8. The molecule has 2 aromatic rings. The number of benzene rings is 2. The third-order valence-corrected chi connectivity index (χ3v) is 2.81. The van der Waals surface area contributed by atoms with E-state index in [2.05, 4.69) is 0 Å². The number of ether oxygens (including phenoxy) is 2. The highest BCUT2D eigenvalue weighted by Crippen LogP contribution is 2.17. The monoisotopic (exact) mass is 256 g/mol. The first kappa shape index (κ1) is 13.1. The second kappa shape index (κ2) is 6.59. The van der Waals surface area contributed by atoms with Gasteiger partial charge in [0.15, 0.2) is 0 Å². The maximum absolute atomic E-state index is 11.7. The molecule has 2 rings (SSSR count). The van der Waals surface area contributed by atoms with Gasteiger partial charge in [0, 0.05) is 6.42 Å². The lowest BCUT2D eigenvalue weighted by atomic mass is 10.1. The molecule has 0 heterocycles. The number of esters is 1. The van der Waals surface area contributed by atoms with Gasteiger partial charge in [-0.3, -0.25) is 0 Å². The van der Waals surface area contributed by atoms with E-state index in [9.17, 15) is 4.79 Å². The van der Waals surface area contributed by atoms with Crippen molar-refractivity contribution in [3.63, 3.8) is 0 Å². The largest absolute Gasteiger partial charge is 0.496 e. The van der Waals surface area contributed by atoms with Gasteiger partial charge in [0.1, 0.15) is 5.75 Å². The van der Waals surface area contributed by atoms with Crippen LogP contribution < -0.4 is 4.74 Å². The molecule has 0 unspecified atom stereocenters. The average molecular weight is 256 g/mol. The molecule has 98 valence electrons. The van der Waals surface area contributed by atoms with Gasteiger partial charge in [0.2, 0.25) is 0 Å². The summed E-state index contributed by atoms with van der Waals surface area (Å²) in [5, 5.41) is 0. The molecule has 3 nitrogen and oxygen atoms in total. The third kappa shape index (κ3) is 3.58. The van der Waals surface area contributed by atoms with Crippen LogP contribution in [-0.2, 0) is 11.2 Å². The SMILES string of the molecule is COc1ccccc1CCOC(=O)c1ccccc1. The molecule has 0 aliphatic heterocycles. The average Bonchev–Trinajstić information content (AvgIpc) is 2.48. The topological polar surface area (TPSA) is 35.5 Å². The first-order chi connectivity index (χ1) is 9.31. The number of hydrogen-bond acceptors (Lipinski definition) is 3. The van der Waals surface area contributed by atoms with Crippen LogP contribution in [-0.4, -0.2) is 19.7 Å². The Balaban J connectivity index is 1.88. The van der Waals surface area contributed by atoms with Crippen LogP contribution in [0.1, 0.15) is 15.9 Å². The summed E-state index contributed by atoms with van der Waals surface area (Å²) in [6, 6.07) is 16.7. The summed E-state index contributed by atoms with van der Waals surface area (Å²) < 4.78 is 10.5. The summed E-state index contributed by atoms with van der Waals surface area (Å²) in [5.41, 5.74) is 1.60. The van der Waals surface area contributed by atoms with Crippen LogP contribution >= 0.6 is 0 Å². The van der Waals surface area contributed by atoms with Crippen molar-refractivity contribution in [1.82, 2.24) is 0 Å². The van der Waals surface area contributed by atoms with Gasteiger partial charge in [-0.15, -0.1) is 0 Å². The molecule has 19 heavy (non-hydrogen) atoms.